The molecule has 1 aromatic carbocycles. The Balaban J connectivity index is 2.62. The molecule has 0 amide bonds. The van der Waals surface area contributed by atoms with Crippen molar-refractivity contribution in [3.63, 3.8) is 0 Å². The van der Waals surface area contributed by atoms with Gasteiger partial charge in [-0.2, -0.15) is 5.26 Å². The van der Waals surface area contributed by atoms with Crippen LogP contribution in [0.4, 0.5) is 10.1 Å². The van der Waals surface area contributed by atoms with Crippen LogP contribution < -0.4 is 5.32 Å². The molecule has 0 unspecified atom stereocenters. The molecule has 5 heteroatoms. The van der Waals surface area contributed by atoms with E-state index in [1.807, 2.05) is 0 Å². The third-order valence-corrected chi connectivity index (χ3v) is 1.77. The highest BCUT2D eigenvalue weighted by Crippen LogP contribution is 2.13. The Kier molecular flexibility index (Phi) is 4.04. The summed E-state index contributed by atoms with van der Waals surface area (Å²) in [6.45, 7) is 0.294. The Morgan fingerprint density at radius 1 is 1.62 bits per heavy atom. The number of aliphatic carboxylic acids is 1. The second kappa shape index (κ2) is 5.51. The lowest BCUT2D eigenvalue weighted by Gasteiger charge is -2.03. The molecular weight excluding hydrogens is 211 g/mol. The molecule has 0 spiro atoms. The van der Waals surface area contributed by atoms with Gasteiger partial charge in [0.15, 0.2) is 0 Å². The Hall–Kier alpha value is -2.35. The molecule has 82 valence electrons. The van der Waals surface area contributed by atoms with Gasteiger partial charge in [0.05, 0.1) is 5.56 Å². The number of benzene rings is 1. The fourth-order valence-electron chi connectivity index (χ4n) is 1.06. The van der Waals surface area contributed by atoms with Gasteiger partial charge in [-0.1, -0.05) is 6.08 Å². The SMILES string of the molecule is N#Cc1cc(NC/C=C/C(=O)O)ccc1F. The van der Waals surface area contributed by atoms with Crippen molar-refractivity contribution in [2.45, 2.75) is 0 Å². The number of rotatable bonds is 4. The highest BCUT2D eigenvalue weighted by molar-refractivity contribution is 5.79. The van der Waals surface area contributed by atoms with Crippen molar-refractivity contribution in [2.75, 3.05) is 11.9 Å². The molecule has 0 saturated carbocycles. The van der Waals surface area contributed by atoms with E-state index in [2.05, 4.69) is 5.32 Å². The van der Waals surface area contributed by atoms with Crippen molar-refractivity contribution in [1.82, 2.24) is 0 Å². The molecule has 1 aromatic rings. The quantitative estimate of drug-likeness (QED) is 0.758. The summed E-state index contributed by atoms with van der Waals surface area (Å²) >= 11 is 0. The largest absolute Gasteiger partial charge is 0.478 e. The van der Waals surface area contributed by atoms with Crippen molar-refractivity contribution in [1.29, 1.82) is 5.26 Å². The number of nitrogens with zero attached hydrogens (tertiary/aromatic N) is 1. The average Bonchev–Trinajstić information content (AvgIpc) is 2.26. The van der Waals surface area contributed by atoms with Gasteiger partial charge in [0.2, 0.25) is 0 Å². The predicted octanol–water partition coefficient (Wildman–Crippen LogP) is 1.75. The number of hydrogen-bond acceptors (Lipinski definition) is 3. The molecule has 0 aliphatic rings. The maximum Gasteiger partial charge on any atom is 0.328 e. The minimum Gasteiger partial charge on any atom is -0.478 e. The Morgan fingerprint density at radius 2 is 2.38 bits per heavy atom. The maximum atomic E-state index is 12.9. The van der Waals surface area contributed by atoms with Crippen LogP contribution in [0.2, 0.25) is 0 Å². The van der Waals surface area contributed by atoms with Crippen LogP contribution in [0.3, 0.4) is 0 Å². The van der Waals surface area contributed by atoms with E-state index in [1.165, 1.54) is 24.3 Å². The van der Waals surface area contributed by atoms with Crippen molar-refractivity contribution >= 4 is 11.7 Å². The molecule has 0 aromatic heterocycles. The molecular formula is C11H9FN2O2. The van der Waals surface area contributed by atoms with Crippen LogP contribution in [0.5, 0.6) is 0 Å². The Morgan fingerprint density at radius 3 is 3.00 bits per heavy atom. The van der Waals surface area contributed by atoms with Crippen LogP contribution in [-0.4, -0.2) is 17.6 Å². The van der Waals surface area contributed by atoms with Gasteiger partial charge in [0, 0.05) is 18.3 Å². The first-order valence-corrected chi connectivity index (χ1v) is 4.46. The van der Waals surface area contributed by atoms with E-state index in [0.29, 0.717) is 12.2 Å². The van der Waals surface area contributed by atoms with Gasteiger partial charge in [-0.05, 0) is 18.2 Å². The van der Waals surface area contributed by atoms with Gasteiger partial charge < -0.3 is 10.4 Å². The lowest BCUT2D eigenvalue weighted by Crippen LogP contribution is -2.00. The first kappa shape index (κ1) is 11.7. The van der Waals surface area contributed by atoms with Crippen molar-refractivity contribution in [2.24, 2.45) is 0 Å². The second-order valence-corrected chi connectivity index (χ2v) is 2.93. The number of halogens is 1. The average molecular weight is 220 g/mol. The van der Waals surface area contributed by atoms with E-state index in [-0.39, 0.29) is 5.56 Å². The summed E-state index contributed by atoms with van der Waals surface area (Å²) in [5.41, 5.74) is 0.514. The molecule has 0 heterocycles. The summed E-state index contributed by atoms with van der Waals surface area (Å²) < 4.78 is 12.9. The molecule has 0 radical (unpaired) electrons. The molecule has 0 bridgehead atoms. The number of hydrogen-bond donors (Lipinski definition) is 2. The van der Waals surface area contributed by atoms with Gasteiger partial charge in [-0.3, -0.25) is 0 Å². The van der Waals surface area contributed by atoms with Crippen molar-refractivity contribution < 1.29 is 14.3 Å². The first-order valence-electron chi connectivity index (χ1n) is 4.46. The highest BCUT2D eigenvalue weighted by atomic mass is 19.1. The number of carbonyl (C=O) groups is 1. The summed E-state index contributed by atoms with van der Waals surface area (Å²) in [5.74, 6) is -1.60. The number of carboxylic acids is 1. The van der Waals surface area contributed by atoms with Gasteiger partial charge in [0.25, 0.3) is 0 Å². The molecule has 0 fully saturated rings. The Labute approximate surface area is 91.6 Å². The van der Waals surface area contributed by atoms with E-state index < -0.39 is 11.8 Å². The van der Waals surface area contributed by atoms with Crippen LogP contribution in [-0.2, 0) is 4.79 Å². The number of anilines is 1. The van der Waals surface area contributed by atoms with E-state index in [1.54, 1.807) is 6.07 Å². The maximum absolute atomic E-state index is 12.9. The van der Waals surface area contributed by atoms with E-state index in [4.69, 9.17) is 10.4 Å². The van der Waals surface area contributed by atoms with E-state index in [9.17, 15) is 9.18 Å². The lowest BCUT2D eigenvalue weighted by atomic mass is 10.2. The van der Waals surface area contributed by atoms with Crippen molar-refractivity contribution in [3.05, 3.63) is 41.7 Å². The molecule has 0 atom stereocenters. The first-order chi connectivity index (χ1) is 7.63. The van der Waals surface area contributed by atoms with Crippen LogP contribution >= 0.6 is 0 Å². The van der Waals surface area contributed by atoms with Gasteiger partial charge in [-0.25, -0.2) is 9.18 Å². The Bertz CT molecular complexity index is 464. The number of nitriles is 1. The fraction of sp³-hybridized carbons (Fsp3) is 0.0909. The third kappa shape index (κ3) is 3.42. The monoisotopic (exact) mass is 220 g/mol. The molecule has 0 saturated heterocycles. The van der Waals surface area contributed by atoms with Gasteiger partial charge in [0.1, 0.15) is 11.9 Å². The normalized spacial score (nSPS) is 10.0. The zero-order valence-electron chi connectivity index (χ0n) is 8.27. The van der Waals surface area contributed by atoms with E-state index >= 15 is 0 Å². The summed E-state index contributed by atoms with van der Waals surface area (Å²) in [6.07, 6.45) is 2.42. The topological polar surface area (TPSA) is 73.1 Å². The van der Waals surface area contributed by atoms with Gasteiger partial charge >= 0.3 is 5.97 Å². The molecule has 0 aliphatic heterocycles. The van der Waals surface area contributed by atoms with Crippen LogP contribution in [0.25, 0.3) is 0 Å². The molecule has 1 rings (SSSR count). The molecule has 0 aliphatic carbocycles. The predicted molar refractivity (Wildman–Crippen MR) is 56.4 cm³/mol. The van der Waals surface area contributed by atoms with E-state index in [0.717, 1.165) is 6.08 Å². The standard InChI is InChI=1S/C11H9FN2O2/c12-10-4-3-9(6-8(10)7-13)14-5-1-2-11(15)16/h1-4,6,14H,5H2,(H,15,16)/b2-1+. The van der Waals surface area contributed by atoms with Crippen LogP contribution in [0.1, 0.15) is 5.56 Å². The highest BCUT2D eigenvalue weighted by Gasteiger charge is 2.01. The molecule has 2 N–H and O–H groups in total. The third-order valence-electron chi connectivity index (χ3n) is 1.77. The van der Waals surface area contributed by atoms with Crippen molar-refractivity contribution in [3.8, 4) is 6.07 Å². The summed E-state index contributed by atoms with van der Waals surface area (Å²) in [5, 5.41) is 19.7. The van der Waals surface area contributed by atoms with Crippen LogP contribution in [0.15, 0.2) is 30.4 Å². The number of nitrogens with one attached hydrogen (secondary N) is 1. The van der Waals surface area contributed by atoms with Gasteiger partial charge in [-0.15, -0.1) is 0 Å². The lowest BCUT2D eigenvalue weighted by molar-refractivity contribution is -0.131. The van der Waals surface area contributed by atoms with Crippen LogP contribution in [0, 0.1) is 17.1 Å². The number of carboxylic acid groups (broad SMARTS) is 1. The molecule has 4 nitrogen and oxygen atoms in total. The summed E-state index contributed by atoms with van der Waals surface area (Å²) in [6, 6.07) is 5.74. The molecule has 16 heavy (non-hydrogen) atoms. The zero-order valence-corrected chi connectivity index (χ0v) is 8.27. The second-order valence-electron chi connectivity index (χ2n) is 2.93. The minimum atomic E-state index is -1.03. The zero-order chi connectivity index (χ0) is 12.0. The fourth-order valence-corrected chi connectivity index (χ4v) is 1.06. The summed E-state index contributed by atoms with van der Waals surface area (Å²) in [7, 11) is 0. The summed E-state index contributed by atoms with van der Waals surface area (Å²) in [4.78, 5) is 10.1. The smallest absolute Gasteiger partial charge is 0.328 e. The minimum absolute atomic E-state index is 0.0489.